The first-order valence-electron chi connectivity index (χ1n) is 6.70. The van der Waals surface area contributed by atoms with Gasteiger partial charge in [-0.2, -0.15) is 0 Å². The summed E-state index contributed by atoms with van der Waals surface area (Å²) in [4.78, 5) is 0. The molecule has 0 saturated heterocycles. The van der Waals surface area contributed by atoms with E-state index < -0.39 is 0 Å². The van der Waals surface area contributed by atoms with E-state index >= 15 is 0 Å². The predicted octanol–water partition coefficient (Wildman–Crippen LogP) is 1.18. The molecule has 102 valence electrons. The first-order chi connectivity index (χ1) is 8.14. The largest absolute Gasteiger partial charge is 0.394 e. The molecular formula is C13H27NO3. The van der Waals surface area contributed by atoms with Gasteiger partial charge in [0.15, 0.2) is 0 Å². The molecule has 0 spiro atoms. The van der Waals surface area contributed by atoms with Gasteiger partial charge in [-0.15, -0.1) is 0 Å². The molecule has 1 aliphatic carbocycles. The lowest BCUT2D eigenvalue weighted by atomic mass is 9.95. The Bertz CT molecular complexity index is 207. The minimum atomic E-state index is -0.230. The second-order valence-electron chi connectivity index (χ2n) is 5.09. The molecule has 0 aromatic heterocycles. The number of likely N-dealkylation sites (N-methyl/N-ethyl adjacent to an activating group) is 1. The normalized spacial score (nSPS) is 19.6. The van der Waals surface area contributed by atoms with E-state index in [2.05, 4.69) is 12.2 Å². The van der Waals surface area contributed by atoms with Crippen LogP contribution >= 0.6 is 0 Å². The van der Waals surface area contributed by atoms with E-state index in [-0.39, 0.29) is 18.2 Å². The lowest BCUT2D eigenvalue weighted by Crippen LogP contribution is -2.54. The number of ether oxygens (including phenoxy) is 2. The molecule has 4 heteroatoms. The second kappa shape index (κ2) is 7.31. The first kappa shape index (κ1) is 14.9. The maximum Gasteiger partial charge on any atom is 0.0703 e. The zero-order valence-electron chi connectivity index (χ0n) is 11.4. The van der Waals surface area contributed by atoms with E-state index in [1.807, 2.05) is 13.8 Å². The van der Waals surface area contributed by atoms with Gasteiger partial charge in [-0.1, -0.05) is 6.92 Å². The van der Waals surface area contributed by atoms with Gasteiger partial charge in [-0.25, -0.2) is 0 Å². The van der Waals surface area contributed by atoms with Gasteiger partial charge >= 0.3 is 0 Å². The fourth-order valence-electron chi connectivity index (χ4n) is 2.13. The number of hydrogen-bond donors (Lipinski definition) is 2. The zero-order chi connectivity index (χ0) is 12.7. The van der Waals surface area contributed by atoms with Crippen LogP contribution < -0.4 is 5.32 Å². The molecule has 0 heterocycles. The summed E-state index contributed by atoms with van der Waals surface area (Å²) in [7, 11) is 0. The van der Waals surface area contributed by atoms with Crippen molar-refractivity contribution in [2.75, 3.05) is 33.0 Å². The maximum absolute atomic E-state index is 9.59. The molecule has 2 N–H and O–H groups in total. The van der Waals surface area contributed by atoms with E-state index in [1.165, 1.54) is 12.8 Å². The summed E-state index contributed by atoms with van der Waals surface area (Å²) in [6.07, 6.45) is 2.64. The van der Waals surface area contributed by atoms with Crippen molar-refractivity contribution in [1.29, 1.82) is 0 Å². The average Bonchev–Trinajstić information content (AvgIpc) is 3.11. The van der Waals surface area contributed by atoms with Crippen LogP contribution in [0.2, 0.25) is 0 Å². The lowest BCUT2D eigenvalue weighted by Gasteiger charge is -2.32. The van der Waals surface area contributed by atoms with Crippen molar-refractivity contribution in [2.45, 2.75) is 45.3 Å². The monoisotopic (exact) mass is 245 g/mol. The van der Waals surface area contributed by atoms with Crippen LogP contribution in [-0.4, -0.2) is 49.7 Å². The third kappa shape index (κ3) is 4.92. The van der Waals surface area contributed by atoms with Crippen molar-refractivity contribution in [3.05, 3.63) is 0 Å². The van der Waals surface area contributed by atoms with Crippen LogP contribution in [0.4, 0.5) is 0 Å². The van der Waals surface area contributed by atoms with Crippen LogP contribution in [0.15, 0.2) is 0 Å². The standard InChI is InChI=1S/C13H27NO3/c1-4-14-13(9-15,12-5-6-12)10-16-7-8-17-11(2)3/h11-12,14-15H,4-10H2,1-3H3. The number of hydrogen-bond acceptors (Lipinski definition) is 4. The summed E-state index contributed by atoms with van der Waals surface area (Å²) in [5.74, 6) is 0.568. The molecule has 17 heavy (non-hydrogen) atoms. The van der Waals surface area contributed by atoms with Crippen LogP contribution in [-0.2, 0) is 9.47 Å². The molecule has 4 nitrogen and oxygen atoms in total. The van der Waals surface area contributed by atoms with Crippen molar-refractivity contribution in [3.8, 4) is 0 Å². The highest BCUT2D eigenvalue weighted by Gasteiger charge is 2.44. The smallest absolute Gasteiger partial charge is 0.0703 e. The van der Waals surface area contributed by atoms with Crippen LogP contribution in [0.25, 0.3) is 0 Å². The number of aliphatic hydroxyl groups excluding tert-OH is 1. The van der Waals surface area contributed by atoms with E-state index in [0.29, 0.717) is 25.7 Å². The molecule has 1 saturated carbocycles. The average molecular weight is 245 g/mol. The van der Waals surface area contributed by atoms with Gasteiger partial charge in [0.2, 0.25) is 0 Å². The highest BCUT2D eigenvalue weighted by atomic mass is 16.5. The highest BCUT2D eigenvalue weighted by Crippen LogP contribution is 2.39. The maximum atomic E-state index is 9.59. The van der Waals surface area contributed by atoms with Crippen molar-refractivity contribution in [1.82, 2.24) is 5.32 Å². The van der Waals surface area contributed by atoms with Crippen LogP contribution in [0.3, 0.4) is 0 Å². The molecule has 0 aromatic rings. The van der Waals surface area contributed by atoms with Crippen LogP contribution in [0, 0.1) is 5.92 Å². The zero-order valence-corrected chi connectivity index (χ0v) is 11.4. The van der Waals surface area contributed by atoms with Gasteiger partial charge in [-0.3, -0.25) is 0 Å². The van der Waals surface area contributed by atoms with Gasteiger partial charge in [0, 0.05) is 0 Å². The molecule has 1 atom stereocenters. The van der Waals surface area contributed by atoms with Gasteiger partial charge in [0.25, 0.3) is 0 Å². The Kier molecular flexibility index (Phi) is 6.41. The summed E-state index contributed by atoms with van der Waals surface area (Å²) >= 11 is 0. The Morgan fingerprint density at radius 3 is 2.53 bits per heavy atom. The molecule has 1 fully saturated rings. The van der Waals surface area contributed by atoms with Crippen molar-refractivity contribution in [2.24, 2.45) is 5.92 Å². The predicted molar refractivity (Wildman–Crippen MR) is 68.1 cm³/mol. The first-order valence-corrected chi connectivity index (χ1v) is 6.70. The SMILES string of the molecule is CCNC(CO)(COCCOC(C)C)C1CC1. The van der Waals surface area contributed by atoms with Gasteiger partial charge < -0.3 is 19.9 Å². The Morgan fingerprint density at radius 1 is 1.35 bits per heavy atom. The minimum Gasteiger partial charge on any atom is -0.394 e. The summed E-state index contributed by atoms with van der Waals surface area (Å²) in [5, 5.41) is 13.0. The number of aliphatic hydroxyl groups is 1. The molecule has 0 amide bonds. The summed E-state index contributed by atoms with van der Waals surface area (Å²) in [5.41, 5.74) is -0.230. The molecule has 0 aromatic carbocycles. The quantitative estimate of drug-likeness (QED) is 0.567. The molecule has 1 aliphatic rings. The molecule has 1 unspecified atom stereocenters. The molecule has 0 aliphatic heterocycles. The second-order valence-corrected chi connectivity index (χ2v) is 5.09. The van der Waals surface area contributed by atoms with E-state index in [9.17, 15) is 5.11 Å². The Labute approximate surface area is 105 Å². The van der Waals surface area contributed by atoms with Gasteiger partial charge in [0.1, 0.15) is 0 Å². The Balaban J connectivity index is 2.24. The number of nitrogens with one attached hydrogen (secondary N) is 1. The van der Waals surface area contributed by atoms with Gasteiger partial charge in [-0.05, 0) is 39.2 Å². The lowest BCUT2D eigenvalue weighted by molar-refractivity contribution is -0.0163. The molecular weight excluding hydrogens is 218 g/mol. The van der Waals surface area contributed by atoms with Gasteiger partial charge in [0.05, 0.1) is 38.1 Å². The van der Waals surface area contributed by atoms with E-state index in [0.717, 1.165) is 6.54 Å². The van der Waals surface area contributed by atoms with Crippen LogP contribution in [0.5, 0.6) is 0 Å². The molecule has 0 radical (unpaired) electrons. The van der Waals surface area contributed by atoms with Crippen molar-refractivity contribution in [3.63, 3.8) is 0 Å². The molecule has 1 rings (SSSR count). The van der Waals surface area contributed by atoms with Crippen molar-refractivity contribution < 1.29 is 14.6 Å². The Hall–Kier alpha value is -0.160. The summed E-state index contributed by atoms with van der Waals surface area (Å²) in [6, 6.07) is 0. The fourth-order valence-corrected chi connectivity index (χ4v) is 2.13. The van der Waals surface area contributed by atoms with Crippen molar-refractivity contribution >= 4 is 0 Å². The highest BCUT2D eigenvalue weighted by molar-refractivity contribution is 5.00. The van der Waals surface area contributed by atoms with Crippen LogP contribution in [0.1, 0.15) is 33.6 Å². The third-order valence-corrected chi connectivity index (χ3v) is 3.21. The fraction of sp³-hybridized carbons (Fsp3) is 1.00. The minimum absolute atomic E-state index is 0.149. The number of rotatable bonds is 10. The summed E-state index contributed by atoms with van der Waals surface area (Å²) < 4.78 is 11.1. The molecule has 0 bridgehead atoms. The topological polar surface area (TPSA) is 50.7 Å². The van der Waals surface area contributed by atoms with E-state index in [1.54, 1.807) is 0 Å². The van der Waals surface area contributed by atoms with E-state index in [4.69, 9.17) is 9.47 Å². The Morgan fingerprint density at radius 2 is 2.06 bits per heavy atom. The summed E-state index contributed by atoms with van der Waals surface area (Å²) in [6.45, 7) is 8.90. The third-order valence-electron chi connectivity index (χ3n) is 3.21.